The van der Waals surface area contributed by atoms with Crippen LogP contribution in [0.25, 0.3) is 0 Å². The van der Waals surface area contributed by atoms with Crippen LogP contribution in [-0.4, -0.2) is 48.6 Å². The van der Waals surface area contributed by atoms with Gasteiger partial charge in [0, 0.05) is 30.2 Å². The van der Waals surface area contributed by atoms with E-state index in [2.05, 4.69) is 9.72 Å². The van der Waals surface area contributed by atoms with Gasteiger partial charge < -0.3 is 14.4 Å². The molecule has 0 saturated carbocycles. The summed E-state index contributed by atoms with van der Waals surface area (Å²) in [5.74, 6) is -0.740. The number of esters is 1. The maximum atomic E-state index is 13.0. The van der Waals surface area contributed by atoms with Crippen molar-refractivity contribution in [1.82, 2.24) is 9.88 Å². The molecule has 2 rings (SSSR count). The highest BCUT2D eigenvalue weighted by Crippen LogP contribution is 2.23. The van der Waals surface area contributed by atoms with Gasteiger partial charge in [-0.3, -0.25) is 4.79 Å². The van der Waals surface area contributed by atoms with Crippen LogP contribution in [0.4, 0.5) is 0 Å². The quantitative estimate of drug-likeness (QED) is 0.437. The highest BCUT2D eigenvalue weighted by Gasteiger charge is 2.21. The van der Waals surface area contributed by atoms with Gasteiger partial charge >= 0.3 is 5.97 Å². The molecule has 0 saturated heterocycles. The average molecular weight is 431 g/mol. The Morgan fingerprint density at radius 2 is 2.07 bits per heavy atom. The zero-order valence-electron chi connectivity index (χ0n) is 15.0. The molecule has 1 heterocycles. The number of hydrogen-bond acceptors (Lipinski definition) is 6. The molecular weight excluding hydrogens is 411 g/mol. The Labute approximate surface area is 172 Å². The summed E-state index contributed by atoms with van der Waals surface area (Å²) < 4.78 is 10.0. The molecule has 0 atom stereocenters. The van der Waals surface area contributed by atoms with E-state index in [0.717, 1.165) is 0 Å². The van der Waals surface area contributed by atoms with Crippen LogP contribution in [0.5, 0.6) is 0 Å². The number of benzene rings is 1. The average Bonchev–Trinajstić information content (AvgIpc) is 3.11. The van der Waals surface area contributed by atoms with E-state index in [1.54, 1.807) is 22.4 Å². The maximum absolute atomic E-state index is 13.0. The summed E-state index contributed by atoms with van der Waals surface area (Å²) in [5, 5.41) is 2.99. The van der Waals surface area contributed by atoms with Gasteiger partial charge in [-0.25, -0.2) is 9.78 Å². The normalized spacial score (nSPS) is 10.7. The zero-order valence-corrected chi connectivity index (χ0v) is 17.4. The van der Waals surface area contributed by atoms with Crippen molar-refractivity contribution in [3.63, 3.8) is 0 Å². The molecular formula is C18H20Cl2N2O4S. The Balaban J connectivity index is 2.18. The number of halogens is 2. The number of ether oxygens (including phenoxy) is 2. The summed E-state index contributed by atoms with van der Waals surface area (Å²) in [6, 6.07) is 4.76. The molecule has 0 aliphatic heterocycles. The topological polar surface area (TPSA) is 68.7 Å². The molecule has 27 heavy (non-hydrogen) atoms. The van der Waals surface area contributed by atoms with Gasteiger partial charge in [0.05, 0.1) is 24.2 Å². The Morgan fingerprint density at radius 3 is 2.74 bits per heavy atom. The molecule has 0 spiro atoms. The summed E-state index contributed by atoms with van der Waals surface area (Å²) >= 11 is 13.4. The SMILES string of the molecule is CCOCCCN(Cc1nc(C(=O)OC)cs1)C(=O)c1ccc(Cl)cc1Cl. The molecule has 0 bridgehead atoms. The first-order chi connectivity index (χ1) is 13.0. The van der Waals surface area contributed by atoms with Crippen molar-refractivity contribution < 1.29 is 19.1 Å². The number of thiazole rings is 1. The largest absolute Gasteiger partial charge is 0.464 e. The third-order valence-electron chi connectivity index (χ3n) is 3.64. The van der Waals surface area contributed by atoms with Gasteiger partial charge in [-0.1, -0.05) is 23.2 Å². The van der Waals surface area contributed by atoms with E-state index >= 15 is 0 Å². The van der Waals surface area contributed by atoms with E-state index < -0.39 is 5.97 Å². The molecule has 9 heteroatoms. The smallest absolute Gasteiger partial charge is 0.357 e. The van der Waals surface area contributed by atoms with E-state index in [1.165, 1.54) is 24.5 Å². The fourth-order valence-corrected chi connectivity index (χ4v) is 3.60. The number of rotatable bonds is 9. The lowest BCUT2D eigenvalue weighted by atomic mass is 10.2. The van der Waals surface area contributed by atoms with Crippen LogP contribution in [0.3, 0.4) is 0 Å². The number of hydrogen-bond donors (Lipinski definition) is 0. The zero-order chi connectivity index (χ0) is 19.8. The van der Waals surface area contributed by atoms with Crippen molar-refractivity contribution in [3.8, 4) is 0 Å². The van der Waals surface area contributed by atoms with Crippen LogP contribution >= 0.6 is 34.5 Å². The van der Waals surface area contributed by atoms with E-state index in [0.29, 0.717) is 41.8 Å². The molecule has 146 valence electrons. The van der Waals surface area contributed by atoms with Gasteiger partial charge in [0.15, 0.2) is 5.69 Å². The summed E-state index contributed by atoms with van der Waals surface area (Å²) in [6.07, 6.45) is 0.667. The second-order valence-electron chi connectivity index (χ2n) is 5.52. The third kappa shape index (κ3) is 6.17. The molecule has 1 aromatic heterocycles. The Hall–Kier alpha value is -1.67. The van der Waals surface area contributed by atoms with Crippen molar-refractivity contribution >= 4 is 46.4 Å². The lowest BCUT2D eigenvalue weighted by molar-refractivity contribution is 0.0594. The molecule has 0 unspecified atom stereocenters. The van der Waals surface area contributed by atoms with Crippen molar-refractivity contribution in [3.05, 3.63) is 49.9 Å². The highest BCUT2D eigenvalue weighted by atomic mass is 35.5. The molecule has 2 aromatic rings. The second kappa shape index (κ2) is 10.6. The minimum Gasteiger partial charge on any atom is -0.464 e. The summed E-state index contributed by atoms with van der Waals surface area (Å²) in [5.41, 5.74) is 0.589. The summed E-state index contributed by atoms with van der Waals surface area (Å²) in [6.45, 7) is 3.79. The fourth-order valence-electron chi connectivity index (χ4n) is 2.33. The monoisotopic (exact) mass is 430 g/mol. The summed E-state index contributed by atoms with van der Waals surface area (Å²) in [7, 11) is 1.30. The molecule has 0 aliphatic rings. The number of methoxy groups -OCH3 is 1. The third-order valence-corrected chi connectivity index (χ3v) is 5.02. The first kappa shape index (κ1) is 21.6. The van der Waals surface area contributed by atoms with E-state index in [9.17, 15) is 9.59 Å². The first-order valence-electron chi connectivity index (χ1n) is 8.31. The van der Waals surface area contributed by atoms with Crippen molar-refractivity contribution in [2.75, 3.05) is 26.9 Å². The van der Waals surface area contributed by atoms with Crippen LogP contribution in [0.15, 0.2) is 23.6 Å². The number of nitrogens with zero attached hydrogens (tertiary/aromatic N) is 2. The second-order valence-corrected chi connectivity index (χ2v) is 7.31. The van der Waals surface area contributed by atoms with E-state index in [1.807, 2.05) is 6.92 Å². The highest BCUT2D eigenvalue weighted by molar-refractivity contribution is 7.09. The van der Waals surface area contributed by atoms with Crippen LogP contribution in [0, 0.1) is 0 Å². The predicted molar refractivity (Wildman–Crippen MR) is 106 cm³/mol. The molecule has 0 radical (unpaired) electrons. The fraction of sp³-hybridized carbons (Fsp3) is 0.389. The Morgan fingerprint density at radius 1 is 1.30 bits per heavy atom. The van der Waals surface area contributed by atoms with Crippen LogP contribution < -0.4 is 0 Å². The summed E-state index contributed by atoms with van der Waals surface area (Å²) in [4.78, 5) is 30.4. The van der Waals surface area contributed by atoms with Gasteiger partial charge in [-0.2, -0.15) is 0 Å². The lowest BCUT2D eigenvalue weighted by Crippen LogP contribution is -2.32. The van der Waals surface area contributed by atoms with Crippen LogP contribution in [-0.2, 0) is 16.0 Å². The molecule has 1 amide bonds. The Kier molecular flexibility index (Phi) is 8.50. The van der Waals surface area contributed by atoms with Gasteiger partial charge in [0.2, 0.25) is 0 Å². The lowest BCUT2D eigenvalue weighted by Gasteiger charge is -2.22. The molecule has 1 aromatic carbocycles. The molecule has 0 aliphatic carbocycles. The van der Waals surface area contributed by atoms with Crippen molar-refractivity contribution in [2.45, 2.75) is 19.9 Å². The van der Waals surface area contributed by atoms with Gasteiger partial charge in [0.1, 0.15) is 5.01 Å². The number of carbonyl (C=O) groups excluding carboxylic acids is 2. The number of amides is 1. The molecule has 0 fully saturated rings. The van der Waals surface area contributed by atoms with Crippen LogP contribution in [0.2, 0.25) is 10.0 Å². The standard InChI is InChI=1S/C18H20Cl2N2O4S/c1-3-26-8-4-7-22(10-16-21-15(11-27-16)18(24)25-2)17(23)13-6-5-12(19)9-14(13)20/h5-6,9,11H,3-4,7-8,10H2,1-2H3. The van der Waals surface area contributed by atoms with Gasteiger partial charge in [-0.05, 0) is 31.5 Å². The number of aromatic nitrogens is 1. The molecule has 0 N–H and O–H groups in total. The van der Waals surface area contributed by atoms with Gasteiger partial charge in [0.25, 0.3) is 5.91 Å². The predicted octanol–water partition coefficient (Wildman–Crippen LogP) is 4.31. The first-order valence-corrected chi connectivity index (χ1v) is 9.94. The Bertz CT molecular complexity index is 797. The minimum atomic E-state index is -0.507. The van der Waals surface area contributed by atoms with E-state index in [-0.39, 0.29) is 23.2 Å². The van der Waals surface area contributed by atoms with Crippen LogP contribution in [0.1, 0.15) is 39.2 Å². The van der Waals surface area contributed by atoms with Crippen molar-refractivity contribution in [1.29, 1.82) is 0 Å². The maximum Gasteiger partial charge on any atom is 0.357 e. The minimum absolute atomic E-state index is 0.226. The van der Waals surface area contributed by atoms with Gasteiger partial charge in [-0.15, -0.1) is 11.3 Å². The molecule has 6 nitrogen and oxygen atoms in total. The number of carbonyl (C=O) groups is 2. The van der Waals surface area contributed by atoms with Crippen molar-refractivity contribution in [2.24, 2.45) is 0 Å². The van der Waals surface area contributed by atoms with E-state index in [4.69, 9.17) is 27.9 Å².